The fourth-order valence-electron chi connectivity index (χ4n) is 10.7. The molecule has 6 aliphatic heterocycles. The minimum Gasteiger partial charge on any atom is -0.369 e. The lowest BCUT2D eigenvalue weighted by Crippen LogP contribution is -2.54. The highest BCUT2D eigenvalue weighted by molar-refractivity contribution is 6.23. The molecule has 1 aromatic heterocycles. The van der Waals surface area contributed by atoms with Gasteiger partial charge in [0.25, 0.3) is 17.7 Å². The van der Waals surface area contributed by atoms with Gasteiger partial charge in [-0.3, -0.25) is 39.1 Å². The van der Waals surface area contributed by atoms with E-state index in [2.05, 4.69) is 37.9 Å². The highest BCUT2D eigenvalue weighted by Gasteiger charge is 2.46. The molecule has 10 rings (SSSR count). The van der Waals surface area contributed by atoms with Gasteiger partial charge in [0.2, 0.25) is 17.8 Å². The number of anilines is 5. The van der Waals surface area contributed by atoms with E-state index in [1.54, 1.807) is 0 Å². The van der Waals surface area contributed by atoms with Gasteiger partial charge in [-0.25, -0.2) is 9.18 Å². The molecule has 3 aromatic carbocycles. The predicted octanol–water partition coefficient (Wildman–Crippen LogP) is 4.26. The fourth-order valence-corrected chi connectivity index (χ4v) is 10.7. The molecule has 0 saturated carbocycles. The van der Waals surface area contributed by atoms with Crippen molar-refractivity contribution in [3.63, 3.8) is 0 Å². The number of fused-ring (bicyclic) bond motifs is 1. The number of rotatable bonds is 11. The van der Waals surface area contributed by atoms with Gasteiger partial charge < -0.3 is 30.7 Å². The summed E-state index contributed by atoms with van der Waals surface area (Å²) in [7, 11) is 0. The van der Waals surface area contributed by atoms with Crippen molar-refractivity contribution in [2.75, 3.05) is 78.9 Å². The number of imide groups is 2. The molecular formula is C48H53FN12O6. The van der Waals surface area contributed by atoms with Gasteiger partial charge in [-0.1, -0.05) is 30.3 Å². The molecule has 0 aliphatic carbocycles. The summed E-state index contributed by atoms with van der Waals surface area (Å²) in [5.74, 6) is -2.44. The largest absolute Gasteiger partial charge is 0.369 e. The SMILES string of the molecule is NC(=O)c1nnc(N2CCCC(N3CCN(c4ccccc4)C3=O)C2)nc1Nc1ccc(C2CCN(CC3CCN(c4cc5c(cc4F)C(=O)N(C4CCC(=O)NC4=O)C5=O)CC3)CC2)cc1. The van der Waals surface area contributed by atoms with Gasteiger partial charge in [-0.05, 0) is 112 Å². The van der Waals surface area contributed by atoms with Gasteiger partial charge in [0.1, 0.15) is 11.9 Å². The zero-order valence-corrected chi connectivity index (χ0v) is 37.1. The van der Waals surface area contributed by atoms with Crippen LogP contribution in [0.5, 0.6) is 0 Å². The second-order valence-corrected chi connectivity index (χ2v) is 18.4. The van der Waals surface area contributed by atoms with E-state index in [1.807, 2.05) is 62.1 Å². The van der Waals surface area contributed by atoms with Crippen molar-refractivity contribution < 1.29 is 33.2 Å². The number of halogens is 1. The summed E-state index contributed by atoms with van der Waals surface area (Å²) < 4.78 is 15.5. The van der Waals surface area contributed by atoms with Crippen LogP contribution < -0.4 is 31.1 Å². The van der Waals surface area contributed by atoms with Crippen LogP contribution >= 0.6 is 0 Å². The lowest BCUT2D eigenvalue weighted by Gasteiger charge is -2.38. The van der Waals surface area contributed by atoms with Crippen LogP contribution in [-0.2, 0) is 9.59 Å². The highest BCUT2D eigenvalue weighted by Crippen LogP contribution is 2.36. The Hall–Kier alpha value is -7.02. The normalized spacial score (nSPS) is 22.2. The number of nitrogens with one attached hydrogen (secondary N) is 2. The number of hydrogen-bond donors (Lipinski definition) is 3. The molecule has 6 aliphatic rings. The number of piperidine rings is 4. The van der Waals surface area contributed by atoms with E-state index < -0.39 is 41.4 Å². The summed E-state index contributed by atoms with van der Waals surface area (Å²) in [6.07, 6.45) is 5.48. The number of para-hydroxylation sites is 1. The topological polar surface area (TPSA) is 211 Å². The number of carbonyl (C=O) groups is 6. The van der Waals surface area contributed by atoms with Crippen molar-refractivity contribution >= 4 is 64.4 Å². The number of amides is 7. The highest BCUT2D eigenvalue weighted by atomic mass is 19.1. The third-order valence-electron chi connectivity index (χ3n) is 14.3. The van der Waals surface area contributed by atoms with E-state index in [-0.39, 0.29) is 53.2 Å². The number of hydrogen-bond acceptors (Lipinski definition) is 13. The lowest BCUT2D eigenvalue weighted by atomic mass is 9.88. The number of nitrogens with zero attached hydrogens (tertiary/aromatic N) is 9. The number of carbonyl (C=O) groups excluding carboxylic acids is 6. The summed E-state index contributed by atoms with van der Waals surface area (Å²) in [6, 6.07) is 19.3. The van der Waals surface area contributed by atoms with Crippen LogP contribution in [0.2, 0.25) is 0 Å². The van der Waals surface area contributed by atoms with E-state index in [9.17, 15) is 28.8 Å². The molecule has 348 valence electrons. The van der Waals surface area contributed by atoms with Crippen LogP contribution in [0.3, 0.4) is 0 Å². The van der Waals surface area contributed by atoms with Crippen molar-refractivity contribution in [1.29, 1.82) is 0 Å². The molecule has 7 heterocycles. The number of nitrogens with two attached hydrogens (primary N) is 1. The molecule has 0 bridgehead atoms. The van der Waals surface area contributed by atoms with Crippen molar-refractivity contribution in [2.45, 2.75) is 69.4 Å². The Kier molecular flexibility index (Phi) is 12.0. The zero-order valence-electron chi connectivity index (χ0n) is 37.1. The average molecular weight is 913 g/mol. The molecule has 67 heavy (non-hydrogen) atoms. The quantitative estimate of drug-likeness (QED) is 0.180. The van der Waals surface area contributed by atoms with Crippen molar-refractivity contribution in [2.24, 2.45) is 11.7 Å². The number of urea groups is 1. The van der Waals surface area contributed by atoms with Crippen LogP contribution in [0.1, 0.15) is 94.1 Å². The van der Waals surface area contributed by atoms with E-state index in [0.29, 0.717) is 57.1 Å². The first-order valence-electron chi connectivity index (χ1n) is 23.3. The molecule has 18 nitrogen and oxygen atoms in total. The molecule has 0 radical (unpaired) electrons. The summed E-state index contributed by atoms with van der Waals surface area (Å²) in [5.41, 5.74) is 8.80. The number of benzene rings is 3. The van der Waals surface area contributed by atoms with Gasteiger partial charge in [0, 0.05) is 63.6 Å². The minimum atomic E-state index is -1.10. The molecule has 4 aromatic rings. The molecule has 4 N–H and O–H groups in total. The lowest BCUT2D eigenvalue weighted by molar-refractivity contribution is -0.136. The van der Waals surface area contributed by atoms with E-state index in [1.165, 1.54) is 11.6 Å². The van der Waals surface area contributed by atoms with Gasteiger partial charge in [0.05, 0.1) is 22.9 Å². The maximum atomic E-state index is 15.5. The van der Waals surface area contributed by atoms with Crippen molar-refractivity contribution in [3.05, 3.63) is 94.9 Å². The second-order valence-electron chi connectivity index (χ2n) is 18.4. The Morgan fingerprint density at radius 2 is 1.52 bits per heavy atom. The van der Waals surface area contributed by atoms with Gasteiger partial charge in [-0.2, -0.15) is 4.98 Å². The monoisotopic (exact) mass is 912 g/mol. The van der Waals surface area contributed by atoms with Crippen molar-refractivity contribution in [3.8, 4) is 0 Å². The molecule has 19 heteroatoms. The van der Waals surface area contributed by atoms with E-state index in [0.717, 1.165) is 80.5 Å². The Labute approximate surface area is 386 Å². The maximum Gasteiger partial charge on any atom is 0.324 e. The Bertz CT molecular complexity index is 2600. The van der Waals surface area contributed by atoms with Crippen LogP contribution in [0.15, 0.2) is 66.7 Å². The number of primary amides is 1. The Morgan fingerprint density at radius 3 is 2.24 bits per heavy atom. The third-order valence-corrected chi connectivity index (χ3v) is 14.3. The van der Waals surface area contributed by atoms with Gasteiger partial charge >= 0.3 is 6.03 Å². The molecule has 2 unspecified atom stereocenters. The second kappa shape index (κ2) is 18.3. The first-order valence-corrected chi connectivity index (χ1v) is 23.3. The first kappa shape index (κ1) is 43.9. The minimum absolute atomic E-state index is 0.00850. The average Bonchev–Trinajstić information content (AvgIpc) is 3.84. The Balaban J connectivity index is 0.708. The van der Waals surface area contributed by atoms with Crippen LogP contribution in [0, 0.1) is 11.7 Å². The number of aromatic nitrogens is 3. The number of likely N-dealkylation sites (tertiary alicyclic amines) is 1. The van der Waals surface area contributed by atoms with E-state index >= 15 is 4.39 Å². The smallest absolute Gasteiger partial charge is 0.324 e. The van der Waals surface area contributed by atoms with Crippen LogP contribution in [0.4, 0.5) is 38.0 Å². The summed E-state index contributed by atoms with van der Waals surface area (Å²) >= 11 is 0. The molecule has 2 atom stereocenters. The van der Waals surface area contributed by atoms with Crippen LogP contribution in [-0.4, -0.2) is 136 Å². The molecule has 0 spiro atoms. The maximum absolute atomic E-state index is 15.5. The Morgan fingerprint density at radius 1 is 0.791 bits per heavy atom. The summed E-state index contributed by atoms with van der Waals surface area (Å²) in [5, 5.41) is 13.9. The van der Waals surface area contributed by atoms with Crippen LogP contribution in [0.25, 0.3) is 0 Å². The van der Waals surface area contributed by atoms with Crippen molar-refractivity contribution in [1.82, 2.24) is 35.2 Å². The predicted molar refractivity (Wildman–Crippen MR) is 246 cm³/mol. The van der Waals surface area contributed by atoms with Gasteiger partial charge in [-0.15, -0.1) is 10.2 Å². The third kappa shape index (κ3) is 8.74. The molecule has 7 amide bonds. The molecular weight excluding hydrogens is 860 g/mol. The summed E-state index contributed by atoms with van der Waals surface area (Å²) in [6.45, 7) is 6.56. The zero-order chi connectivity index (χ0) is 46.3. The van der Waals surface area contributed by atoms with Gasteiger partial charge in [0.15, 0.2) is 11.5 Å². The standard InChI is InChI=1S/C48H53FN12O6/c49-37-25-35-36(46(66)61(45(35)65)38-12-13-40(62)52-44(38)64)26-39(37)57-21-14-29(15-22-57)27-56-19-16-31(17-20-56)30-8-10-32(11-9-30)51-43-41(42(50)63)54-55-47(53-43)58-18-4-7-34(28-58)60-24-23-59(48(60)67)33-5-2-1-3-6-33/h1-3,5-6,8-11,25-26,29,31,34,38H,4,7,12-24,27-28H2,(H2,50,63)(H,51,53,55)(H,52,62,64). The summed E-state index contributed by atoms with van der Waals surface area (Å²) in [4.78, 5) is 92.4. The fraction of sp³-hybridized carbons (Fsp3) is 0.438. The first-order chi connectivity index (χ1) is 32.5. The molecule has 5 fully saturated rings. The van der Waals surface area contributed by atoms with E-state index in [4.69, 9.17) is 10.7 Å². The molecule has 5 saturated heterocycles.